The van der Waals surface area contributed by atoms with Crippen molar-refractivity contribution in [3.8, 4) is 0 Å². The van der Waals surface area contributed by atoms with Crippen molar-refractivity contribution in [2.75, 3.05) is 13.2 Å². The number of hydrogen-bond donors (Lipinski definition) is 1. The Morgan fingerprint density at radius 2 is 2.05 bits per heavy atom. The summed E-state index contributed by atoms with van der Waals surface area (Å²) in [4.78, 5) is 14.1. The maximum absolute atomic E-state index is 12.3. The van der Waals surface area contributed by atoms with Crippen LogP contribution >= 0.6 is 23.2 Å². The lowest BCUT2D eigenvalue weighted by Gasteiger charge is -2.27. The van der Waals surface area contributed by atoms with E-state index in [4.69, 9.17) is 28.3 Å². The fourth-order valence-corrected chi connectivity index (χ4v) is 3.16. The smallest absolute Gasteiger partial charge is 0.246 e. The van der Waals surface area contributed by atoms with Gasteiger partial charge in [0.25, 0.3) is 0 Å². The van der Waals surface area contributed by atoms with Crippen molar-refractivity contribution in [1.29, 1.82) is 0 Å². The van der Waals surface area contributed by atoms with E-state index in [2.05, 4.69) is 0 Å². The number of hydrogen-bond acceptors (Lipinski definition) is 2. The lowest BCUT2D eigenvalue weighted by molar-refractivity contribution is -0.128. The number of carbonyl (C=O) groups is 1. The van der Waals surface area contributed by atoms with Crippen LogP contribution in [0.4, 0.5) is 0 Å². The molecular formula is C16H19Cl2NO2. The van der Waals surface area contributed by atoms with Gasteiger partial charge in [0.05, 0.1) is 6.61 Å². The van der Waals surface area contributed by atoms with Gasteiger partial charge in [0.1, 0.15) is 0 Å². The zero-order valence-electron chi connectivity index (χ0n) is 11.8. The van der Waals surface area contributed by atoms with Crippen LogP contribution in [0.2, 0.25) is 10.0 Å². The second-order valence-electron chi connectivity index (χ2n) is 5.19. The Kier molecular flexibility index (Phi) is 6.09. The third kappa shape index (κ3) is 4.47. The second-order valence-corrected chi connectivity index (χ2v) is 6.04. The average Bonchev–Trinajstić information content (AvgIpc) is 2.97. The minimum Gasteiger partial charge on any atom is -0.395 e. The van der Waals surface area contributed by atoms with E-state index in [0.717, 1.165) is 31.2 Å². The molecule has 114 valence electrons. The van der Waals surface area contributed by atoms with Gasteiger partial charge in [-0.05, 0) is 36.6 Å². The predicted molar refractivity (Wildman–Crippen MR) is 86.6 cm³/mol. The zero-order chi connectivity index (χ0) is 15.2. The van der Waals surface area contributed by atoms with Gasteiger partial charge in [0.15, 0.2) is 0 Å². The van der Waals surface area contributed by atoms with Crippen LogP contribution in [0.1, 0.15) is 31.2 Å². The Morgan fingerprint density at radius 3 is 2.67 bits per heavy atom. The fraction of sp³-hybridized carbons (Fsp3) is 0.438. The van der Waals surface area contributed by atoms with Crippen molar-refractivity contribution in [2.45, 2.75) is 31.7 Å². The number of aliphatic hydroxyl groups is 1. The largest absolute Gasteiger partial charge is 0.395 e. The summed E-state index contributed by atoms with van der Waals surface area (Å²) in [5.74, 6) is -0.0815. The lowest BCUT2D eigenvalue weighted by Crippen LogP contribution is -2.39. The summed E-state index contributed by atoms with van der Waals surface area (Å²) in [6.07, 6.45) is 7.53. The van der Waals surface area contributed by atoms with E-state index < -0.39 is 0 Å². The molecule has 3 nitrogen and oxygen atoms in total. The summed E-state index contributed by atoms with van der Waals surface area (Å²) < 4.78 is 0. The van der Waals surface area contributed by atoms with Gasteiger partial charge in [-0.1, -0.05) is 42.1 Å². The van der Waals surface area contributed by atoms with E-state index in [1.807, 2.05) is 0 Å². The van der Waals surface area contributed by atoms with Crippen LogP contribution < -0.4 is 0 Å². The molecule has 1 fully saturated rings. The van der Waals surface area contributed by atoms with Gasteiger partial charge in [0.2, 0.25) is 5.91 Å². The topological polar surface area (TPSA) is 40.5 Å². The van der Waals surface area contributed by atoms with E-state index in [-0.39, 0.29) is 18.6 Å². The van der Waals surface area contributed by atoms with Crippen LogP contribution in [-0.2, 0) is 4.79 Å². The molecule has 5 heteroatoms. The first-order chi connectivity index (χ1) is 10.1. The number of aliphatic hydroxyl groups excluding tert-OH is 1. The van der Waals surface area contributed by atoms with Gasteiger partial charge in [-0.3, -0.25) is 4.79 Å². The molecule has 0 saturated heterocycles. The number of nitrogens with zero attached hydrogens (tertiary/aromatic N) is 1. The summed E-state index contributed by atoms with van der Waals surface area (Å²) in [6.45, 7) is 0.361. The maximum atomic E-state index is 12.3. The van der Waals surface area contributed by atoms with Crippen LogP contribution in [0.15, 0.2) is 24.3 Å². The summed E-state index contributed by atoms with van der Waals surface area (Å²) in [7, 11) is 0. The highest BCUT2D eigenvalue weighted by atomic mass is 35.5. The molecule has 1 saturated carbocycles. The highest BCUT2D eigenvalue weighted by Crippen LogP contribution is 2.25. The fourth-order valence-electron chi connectivity index (χ4n) is 2.69. The molecule has 1 amide bonds. The van der Waals surface area contributed by atoms with Gasteiger partial charge in [0, 0.05) is 28.7 Å². The van der Waals surface area contributed by atoms with Crippen LogP contribution in [0.3, 0.4) is 0 Å². The Balaban J connectivity index is 2.08. The van der Waals surface area contributed by atoms with E-state index in [1.54, 1.807) is 29.2 Å². The maximum Gasteiger partial charge on any atom is 0.246 e. The molecule has 0 radical (unpaired) electrons. The van der Waals surface area contributed by atoms with Crippen LogP contribution in [0.25, 0.3) is 6.08 Å². The molecule has 1 aromatic rings. The van der Waals surface area contributed by atoms with E-state index in [0.29, 0.717) is 16.6 Å². The van der Waals surface area contributed by atoms with Crippen molar-refractivity contribution >= 4 is 35.2 Å². The first-order valence-electron chi connectivity index (χ1n) is 7.16. The minimum atomic E-state index is -0.0815. The molecule has 0 spiro atoms. The number of amides is 1. The van der Waals surface area contributed by atoms with Crippen molar-refractivity contribution in [2.24, 2.45) is 0 Å². The number of halogens is 2. The molecule has 2 rings (SSSR count). The van der Waals surface area contributed by atoms with Gasteiger partial charge >= 0.3 is 0 Å². The summed E-state index contributed by atoms with van der Waals surface area (Å²) in [6, 6.07) is 5.41. The van der Waals surface area contributed by atoms with Gasteiger partial charge < -0.3 is 10.0 Å². The molecule has 1 N–H and O–H groups in total. The van der Waals surface area contributed by atoms with Gasteiger partial charge in [-0.25, -0.2) is 0 Å². The Morgan fingerprint density at radius 1 is 1.33 bits per heavy atom. The summed E-state index contributed by atoms with van der Waals surface area (Å²) in [5, 5.41) is 10.2. The summed E-state index contributed by atoms with van der Waals surface area (Å²) >= 11 is 11.9. The molecule has 1 aromatic carbocycles. The standard InChI is InChI=1S/C16H19Cl2NO2/c17-13-7-5-12(15(18)11-13)6-8-16(21)19(9-10-20)14-3-1-2-4-14/h5-8,11,14,20H,1-4,9-10H2. The van der Waals surface area contributed by atoms with Gasteiger partial charge in [-0.2, -0.15) is 0 Å². The summed E-state index contributed by atoms with van der Waals surface area (Å²) in [5.41, 5.74) is 0.754. The molecule has 0 aliphatic heterocycles. The molecule has 21 heavy (non-hydrogen) atoms. The molecule has 0 atom stereocenters. The van der Waals surface area contributed by atoms with Crippen molar-refractivity contribution in [3.05, 3.63) is 39.9 Å². The molecule has 1 aliphatic carbocycles. The van der Waals surface area contributed by atoms with Crippen molar-refractivity contribution < 1.29 is 9.90 Å². The Labute approximate surface area is 135 Å². The minimum absolute atomic E-state index is 0.0161. The van der Waals surface area contributed by atoms with E-state index >= 15 is 0 Å². The molecule has 0 heterocycles. The van der Waals surface area contributed by atoms with E-state index in [1.165, 1.54) is 6.08 Å². The van der Waals surface area contributed by atoms with Crippen LogP contribution in [0, 0.1) is 0 Å². The monoisotopic (exact) mass is 327 g/mol. The molecule has 0 aromatic heterocycles. The Hall–Kier alpha value is -1.03. The normalized spacial score (nSPS) is 15.8. The SMILES string of the molecule is O=C(C=Cc1ccc(Cl)cc1Cl)N(CCO)C1CCCC1. The highest BCUT2D eigenvalue weighted by Gasteiger charge is 2.24. The zero-order valence-corrected chi connectivity index (χ0v) is 13.3. The Bertz CT molecular complexity index is 525. The third-order valence-electron chi connectivity index (χ3n) is 3.76. The highest BCUT2D eigenvalue weighted by molar-refractivity contribution is 6.35. The quantitative estimate of drug-likeness (QED) is 0.836. The molecular weight excluding hydrogens is 309 g/mol. The van der Waals surface area contributed by atoms with Crippen molar-refractivity contribution in [3.63, 3.8) is 0 Å². The average molecular weight is 328 g/mol. The number of benzene rings is 1. The lowest BCUT2D eigenvalue weighted by atomic mass is 10.1. The first-order valence-corrected chi connectivity index (χ1v) is 7.92. The van der Waals surface area contributed by atoms with Crippen LogP contribution in [0.5, 0.6) is 0 Å². The van der Waals surface area contributed by atoms with Crippen LogP contribution in [-0.4, -0.2) is 35.1 Å². The number of rotatable bonds is 5. The predicted octanol–water partition coefficient (Wildman–Crippen LogP) is 3.77. The molecule has 1 aliphatic rings. The molecule has 0 bridgehead atoms. The third-order valence-corrected chi connectivity index (χ3v) is 4.32. The van der Waals surface area contributed by atoms with Crippen molar-refractivity contribution in [1.82, 2.24) is 4.90 Å². The number of carbonyl (C=O) groups excluding carboxylic acids is 1. The van der Waals surface area contributed by atoms with E-state index in [9.17, 15) is 4.79 Å². The second kappa shape index (κ2) is 7.83. The first kappa shape index (κ1) is 16.3. The van der Waals surface area contributed by atoms with Gasteiger partial charge in [-0.15, -0.1) is 0 Å². The molecule has 0 unspecified atom stereocenters.